The highest BCUT2D eigenvalue weighted by Crippen LogP contribution is 2.38. The van der Waals surface area contributed by atoms with Crippen LogP contribution >= 0.6 is 0 Å². The zero-order valence-electron chi connectivity index (χ0n) is 13.4. The number of morpholine rings is 1. The number of likely N-dealkylation sites (tertiary alicyclic amines) is 1. The molecule has 3 aliphatic rings. The summed E-state index contributed by atoms with van der Waals surface area (Å²) in [5.74, 6) is 0. The maximum absolute atomic E-state index is 5.99. The van der Waals surface area contributed by atoms with Crippen molar-refractivity contribution in [3.8, 4) is 0 Å². The molecule has 0 aromatic heterocycles. The Kier molecular flexibility index (Phi) is 4.68. The van der Waals surface area contributed by atoms with Crippen molar-refractivity contribution in [1.82, 2.24) is 10.2 Å². The van der Waals surface area contributed by atoms with Crippen molar-refractivity contribution >= 4 is 0 Å². The van der Waals surface area contributed by atoms with Crippen LogP contribution in [0.1, 0.15) is 58.8 Å². The second-order valence-electron chi connectivity index (χ2n) is 7.75. The van der Waals surface area contributed by atoms with E-state index in [0.29, 0.717) is 23.7 Å². The van der Waals surface area contributed by atoms with Crippen molar-refractivity contribution in [2.24, 2.45) is 5.41 Å². The van der Waals surface area contributed by atoms with Gasteiger partial charge in [0.2, 0.25) is 0 Å². The second-order valence-corrected chi connectivity index (χ2v) is 7.75. The highest BCUT2D eigenvalue weighted by molar-refractivity contribution is 4.92. The van der Waals surface area contributed by atoms with Gasteiger partial charge in [0.1, 0.15) is 0 Å². The minimum Gasteiger partial charge on any atom is -0.372 e. The summed E-state index contributed by atoms with van der Waals surface area (Å²) in [6.45, 7) is 9.40. The molecule has 2 heterocycles. The Labute approximate surface area is 124 Å². The van der Waals surface area contributed by atoms with Crippen LogP contribution < -0.4 is 5.32 Å². The molecule has 2 aliphatic heterocycles. The maximum Gasteiger partial charge on any atom is 0.0707 e. The molecule has 0 aromatic rings. The Hall–Kier alpha value is -0.120. The van der Waals surface area contributed by atoms with Gasteiger partial charge in [-0.2, -0.15) is 0 Å². The van der Waals surface area contributed by atoms with E-state index in [-0.39, 0.29) is 0 Å². The molecule has 0 amide bonds. The van der Waals surface area contributed by atoms with Crippen LogP contribution in [-0.2, 0) is 4.74 Å². The number of ether oxygens (including phenoxy) is 1. The normalized spacial score (nSPS) is 33.8. The highest BCUT2D eigenvalue weighted by Gasteiger charge is 2.39. The van der Waals surface area contributed by atoms with Crippen LogP contribution in [0.2, 0.25) is 0 Å². The molecule has 1 saturated carbocycles. The fourth-order valence-electron chi connectivity index (χ4n) is 4.42. The molecule has 3 fully saturated rings. The third-order valence-electron chi connectivity index (χ3n) is 5.48. The van der Waals surface area contributed by atoms with E-state index in [9.17, 15) is 0 Å². The summed E-state index contributed by atoms with van der Waals surface area (Å²) in [6.07, 6.45) is 10.8. The molecule has 2 atom stereocenters. The first-order chi connectivity index (χ1) is 9.65. The first-order valence-electron chi connectivity index (χ1n) is 8.76. The zero-order chi connectivity index (χ0) is 14.0. The average Bonchev–Trinajstić information content (AvgIpc) is 2.77. The van der Waals surface area contributed by atoms with Crippen molar-refractivity contribution < 1.29 is 4.74 Å². The quantitative estimate of drug-likeness (QED) is 0.838. The summed E-state index contributed by atoms with van der Waals surface area (Å²) in [6, 6.07) is 0.606. The van der Waals surface area contributed by atoms with Gasteiger partial charge in [0.15, 0.2) is 0 Å². The van der Waals surface area contributed by atoms with Crippen LogP contribution in [0.3, 0.4) is 0 Å². The van der Waals surface area contributed by atoms with E-state index in [2.05, 4.69) is 24.1 Å². The Balaban J connectivity index is 1.60. The number of hydrogen-bond acceptors (Lipinski definition) is 3. The van der Waals surface area contributed by atoms with E-state index >= 15 is 0 Å². The molecule has 1 N–H and O–H groups in total. The molecule has 2 saturated heterocycles. The van der Waals surface area contributed by atoms with E-state index in [0.717, 1.165) is 0 Å². The molecule has 2 bridgehead atoms. The van der Waals surface area contributed by atoms with Crippen molar-refractivity contribution in [3.05, 3.63) is 0 Å². The highest BCUT2D eigenvalue weighted by atomic mass is 16.5. The number of rotatable bonds is 5. The SMILES string of the molecule is CC(C)NCC1(CN2CC3CCC(C2)O3)CCCCC1. The number of hydrogen-bond donors (Lipinski definition) is 1. The third-order valence-corrected chi connectivity index (χ3v) is 5.48. The third kappa shape index (κ3) is 3.55. The van der Waals surface area contributed by atoms with Gasteiger partial charge in [-0.3, -0.25) is 4.90 Å². The second kappa shape index (κ2) is 6.33. The summed E-state index contributed by atoms with van der Waals surface area (Å²) >= 11 is 0. The molecule has 1 aliphatic carbocycles. The average molecular weight is 280 g/mol. The number of fused-ring (bicyclic) bond motifs is 2. The standard InChI is InChI=1S/C17H32N2O/c1-14(2)18-12-17(8-4-3-5-9-17)13-19-10-15-6-7-16(11-19)20-15/h14-16,18H,3-13H2,1-2H3. The Morgan fingerprint density at radius 2 is 1.75 bits per heavy atom. The summed E-state index contributed by atoms with van der Waals surface area (Å²) in [5, 5.41) is 3.73. The summed E-state index contributed by atoms with van der Waals surface area (Å²) < 4.78 is 5.99. The van der Waals surface area contributed by atoms with Gasteiger partial charge in [0.25, 0.3) is 0 Å². The molecule has 2 unspecified atom stereocenters. The fourth-order valence-corrected chi connectivity index (χ4v) is 4.42. The summed E-state index contributed by atoms with van der Waals surface area (Å²) in [4.78, 5) is 2.72. The molecule has 3 nitrogen and oxygen atoms in total. The van der Waals surface area contributed by atoms with Crippen LogP contribution in [0.15, 0.2) is 0 Å². The molecule has 3 heteroatoms. The molecule has 0 radical (unpaired) electrons. The van der Waals surface area contributed by atoms with E-state index in [1.165, 1.54) is 71.1 Å². The number of nitrogens with zero attached hydrogens (tertiary/aromatic N) is 1. The summed E-state index contributed by atoms with van der Waals surface area (Å²) in [5.41, 5.74) is 0.527. The van der Waals surface area contributed by atoms with Gasteiger partial charge in [-0.15, -0.1) is 0 Å². The molecular formula is C17H32N2O. The first-order valence-corrected chi connectivity index (χ1v) is 8.76. The van der Waals surface area contributed by atoms with Crippen LogP contribution in [0.4, 0.5) is 0 Å². The topological polar surface area (TPSA) is 24.5 Å². The molecule has 116 valence electrons. The van der Waals surface area contributed by atoms with Crippen molar-refractivity contribution in [2.45, 2.75) is 77.0 Å². The zero-order valence-corrected chi connectivity index (χ0v) is 13.4. The predicted octanol–water partition coefficient (Wildman–Crippen LogP) is 2.80. The summed E-state index contributed by atoms with van der Waals surface area (Å²) in [7, 11) is 0. The van der Waals surface area contributed by atoms with Crippen molar-refractivity contribution in [2.75, 3.05) is 26.2 Å². The van der Waals surface area contributed by atoms with Crippen molar-refractivity contribution in [1.29, 1.82) is 0 Å². The van der Waals surface area contributed by atoms with Crippen LogP contribution in [-0.4, -0.2) is 49.3 Å². The van der Waals surface area contributed by atoms with Crippen LogP contribution in [0.5, 0.6) is 0 Å². The maximum atomic E-state index is 5.99. The molecular weight excluding hydrogens is 248 g/mol. The van der Waals surface area contributed by atoms with Gasteiger partial charge >= 0.3 is 0 Å². The minimum atomic E-state index is 0.527. The van der Waals surface area contributed by atoms with Crippen LogP contribution in [0, 0.1) is 5.41 Å². The lowest BCUT2D eigenvalue weighted by atomic mass is 9.73. The monoisotopic (exact) mass is 280 g/mol. The Morgan fingerprint density at radius 1 is 1.10 bits per heavy atom. The molecule has 0 spiro atoms. The van der Waals surface area contributed by atoms with E-state index in [1.54, 1.807) is 0 Å². The van der Waals surface area contributed by atoms with Crippen molar-refractivity contribution in [3.63, 3.8) is 0 Å². The number of nitrogens with one attached hydrogen (secondary N) is 1. The Morgan fingerprint density at radius 3 is 2.35 bits per heavy atom. The lowest BCUT2D eigenvalue weighted by Gasteiger charge is -2.44. The van der Waals surface area contributed by atoms with Gasteiger partial charge in [0, 0.05) is 32.2 Å². The largest absolute Gasteiger partial charge is 0.372 e. The van der Waals surface area contributed by atoms with E-state index in [4.69, 9.17) is 4.74 Å². The fraction of sp³-hybridized carbons (Fsp3) is 1.00. The first kappa shape index (κ1) is 14.8. The van der Waals surface area contributed by atoms with Gasteiger partial charge in [-0.05, 0) is 31.1 Å². The molecule has 3 rings (SSSR count). The van der Waals surface area contributed by atoms with E-state index < -0.39 is 0 Å². The lowest BCUT2D eigenvalue weighted by Crippen LogP contribution is -2.51. The van der Waals surface area contributed by atoms with Crippen LogP contribution in [0.25, 0.3) is 0 Å². The van der Waals surface area contributed by atoms with Gasteiger partial charge in [-0.1, -0.05) is 33.1 Å². The predicted molar refractivity (Wildman–Crippen MR) is 83.0 cm³/mol. The van der Waals surface area contributed by atoms with Gasteiger partial charge < -0.3 is 10.1 Å². The lowest BCUT2D eigenvalue weighted by molar-refractivity contribution is -0.0543. The minimum absolute atomic E-state index is 0.527. The van der Waals surface area contributed by atoms with E-state index in [1.807, 2.05) is 0 Å². The van der Waals surface area contributed by atoms with Gasteiger partial charge in [0.05, 0.1) is 12.2 Å². The van der Waals surface area contributed by atoms with Gasteiger partial charge in [-0.25, -0.2) is 0 Å². The Bertz CT molecular complexity index is 300. The molecule has 20 heavy (non-hydrogen) atoms. The smallest absolute Gasteiger partial charge is 0.0707 e. The molecule has 0 aromatic carbocycles.